The van der Waals surface area contributed by atoms with Crippen LogP contribution in [0.1, 0.15) is 22.3 Å². The lowest BCUT2D eigenvalue weighted by atomic mass is 9.93. The summed E-state index contributed by atoms with van der Waals surface area (Å²) < 4.78 is 10.5. The molecule has 1 N–H and O–H groups in total. The molecule has 0 unspecified atom stereocenters. The van der Waals surface area contributed by atoms with Crippen LogP contribution in [0.4, 0.5) is 0 Å². The van der Waals surface area contributed by atoms with Gasteiger partial charge in [0, 0.05) is 29.9 Å². The van der Waals surface area contributed by atoms with Gasteiger partial charge in [-0.3, -0.25) is 4.79 Å². The van der Waals surface area contributed by atoms with Gasteiger partial charge in [0.15, 0.2) is 0 Å². The quantitative estimate of drug-likeness (QED) is 0.546. The monoisotopic (exact) mass is 388 g/mol. The largest absolute Gasteiger partial charge is 0.481 e. The van der Waals surface area contributed by atoms with Crippen molar-refractivity contribution in [3.63, 3.8) is 0 Å². The van der Waals surface area contributed by atoms with Gasteiger partial charge in [-0.1, -0.05) is 0 Å². The average molecular weight is 388 g/mol. The van der Waals surface area contributed by atoms with Crippen molar-refractivity contribution >= 4 is 10.8 Å². The molecule has 7 heteroatoms. The number of methoxy groups -OCH3 is 2. The van der Waals surface area contributed by atoms with Gasteiger partial charge in [0.2, 0.25) is 11.8 Å². The maximum Gasteiger partial charge on any atom is 0.272 e. The number of ether oxygens (including phenoxy) is 2. The number of pyridine rings is 2. The van der Waals surface area contributed by atoms with Crippen LogP contribution in [-0.2, 0) is 12.8 Å². The Morgan fingerprint density at radius 2 is 1.45 bits per heavy atom. The number of rotatable bonds is 6. The second kappa shape index (κ2) is 8.10. The highest BCUT2D eigenvalue weighted by Gasteiger charge is 2.11. The van der Waals surface area contributed by atoms with Crippen molar-refractivity contribution in [2.45, 2.75) is 12.8 Å². The third kappa shape index (κ3) is 4.08. The van der Waals surface area contributed by atoms with Gasteiger partial charge < -0.3 is 9.47 Å². The van der Waals surface area contributed by atoms with Gasteiger partial charge >= 0.3 is 0 Å². The van der Waals surface area contributed by atoms with Crippen LogP contribution in [0, 0.1) is 0 Å². The number of aromatic amines is 1. The number of nitrogens with zero attached hydrogens (tertiary/aromatic N) is 3. The van der Waals surface area contributed by atoms with Crippen LogP contribution in [0.15, 0.2) is 59.8 Å². The Morgan fingerprint density at radius 1 is 0.862 bits per heavy atom. The van der Waals surface area contributed by atoms with Gasteiger partial charge in [-0.15, -0.1) is 0 Å². The summed E-state index contributed by atoms with van der Waals surface area (Å²) in [4.78, 5) is 20.6. The summed E-state index contributed by atoms with van der Waals surface area (Å²) in [7, 11) is 3.19. The van der Waals surface area contributed by atoms with Gasteiger partial charge in [-0.25, -0.2) is 15.1 Å². The minimum Gasteiger partial charge on any atom is -0.481 e. The molecule has 29 heavy (non-hydrogen) atoms. The second-order valence-corrected chi connectivity index (χ2v) is 6.67. The number of H-pyrrole nitrogens is 1. The molecule has 0 radical (unpaired) electrons. The van der Waals surface area contributed by atoms with E-state index in [0.29, 0.717) is 30.0 Å². The average Bonchev–Trinajstić information content (AvgIpc) is 2.75. The van der Waals surface area contributed by atoms with Crippen LogP contribution >= 0.6 is 0 Å². The molecule has 0 amide bonds. The van der Waals surface area contributed by atoms with Gasteiger partial charge in [-0.2, -0.15) is 5.10 Å². The molecular weight excluding hydrogens is 368 g/mol. The summed E-state index contributed by atoms with van der Waals surface area (Å²) in [6, 6.07) is 11.7. The van der Waals surface area contributed by atoms with E-state index < -0.39 is 0 Å². The first-order valence-electron chi connectivity index (χ1n) is 9.13. The SMILES string of the molecule is COc1cc(Cc2cc3cn[nH]c(=O)c3cc2Cc2ccnc(OC)c2)ccn1. The van der Waals surface area contributed by atoms with E-state index in [2.05, 4.69) is 20.2 Å². The van der Waals surface area contributed by atoms with Gasteiger partial charge in [0.25, 0.3) is 5.56 Å². The summed E-state index contributed by atoms with van der Waals surface area (Å²) in [5.74, 6) is 1.13. The van der Waals surface area contributed by atoms with Crippen molar-refractivity contribution in [1.29, 1.82) is 0 Å². The zero-order valence-electron chi connectivity index (χ0n) is 16.2. The molecule has 7 nitrogen and oxygen atoms in total. The highest BCUT2D eigenvalue weighted by molar-refractivity contribution is 5.82. The standard InChI is InChI=1S/C22H20N4O3/c1-28-20-9-14(3-5-23-20)7-16-11-18-13-25-26-22(27)19(18)12-17(16)8-15-4-6-24-21(10-15)29-2/h3-6,9-13H,7-8H2,1-2H3,(H,26,27). The topological polar surface area (TPSA) is 90.0 Å². The first kappa shape index (κ1) is 18.6. The van der Waals surface area contributed by atoms with E-state index in [0.717, 1.165) is 27.6 Å². The van der Waals surface area contributed by atoms with Crippen LogP contribution in [-0.4, -0.2) is 34.4 Å². The minimum absolute atomic E-state index is 0.201. The smallest absolute Gasteiger partial charge is 0.272 e. The van der Waals surface area contributed by atoms with E-state index >= 15 is 0 Å². The highest BCUT2D eigenvalue weighted by atomic mass is 16.5. The van der Waals surface area contributed by atoms with Crippen molar-refractivity contribution in [2.24, 2.45) is 0 Å². The van der Waals surface area contributed by atoms with E-state index in [-0.39, 0.29) is 5.56 Å². The Bertz CT molecular complexity index is 1220. The fraction of sp³-hybridized carbons (Fsp3) is 0.182. The minimum atomic E-state index is -0.201. The van der Waals surface area contributed by atoms with Crippen LogP contribution in [0.25, 0.3) is 10.8 Å². The van der Waals surface area contributed by atoms with E-state index in [4.69, 9.17) is 9.47 Å². The Balaban J connectivity index is 1.80. The molecule has 0 bridgehead atoms. The molecular formula is C22H20N4O3. The molecule has 0 saturated heterocycles. The molecule has 4 aromatic rings. The lowest BCUT2D eigenvalue weighted by Crippen LogP contribution is -2.09. The van der Waals surface area contributed by atoms with Crippen molar-refractivity contribution < 1.29 is 9.47 Å². The molecule has 0 spiro atoms. The molecule has 3 heterocycles. The van der Waals surface area contributed by atoms with Crippen LogP contribution in [0.3, 0.4) is 0 Å². The van der Waals surface area contributed by atoms with Crippen LogP contribution in [0.5, 0.6) is 11.8 Å². The zero-order chi connectivity index (χ0) is 20.2. The van der Waals surface area contributed by atoms with E-state index in [1.54, 1.807) is 32.8 Å². The summed E-state index contributed by atoms with van der Waals surface area (Å²) in [5.41, 5.74) is 4.08. The maximum absolute atomic E-state index is 12.3. The molecule has 0 saturated carbocycles. The normalized spacial score (nSPS) is 10.8. The van der Waals surface area contributed by atoms with E-state index in [1.165, 1.54) is 0 Å². The van der Waals surface area contributed by atoms with Gasteiger partial charge in [0.05, 0.1) is 25.8 Å². The summed E-state index contributed by atoms with van der Waals surface area (Å²) >= 11 is 0. The summed E-state index contributed by atoms with van der Waals surface area (Å²) in [6.45, 7) is 0. The first-order valence-corrected chi connectivity index (χ1v) is 9.13. The number of aromatic nitrogens is 4. The third-order valence-electron chi connectivity index (χ3n) is 4.79. The third-order valence-corrected chi connectivity index (χ3v) is 4.79. The maximum atomic E-state index is 12.3. The number of fused-ring (bicyclic) bond motifs is 1. The Kier molecular flexibility index (Phi) is 5.20. The molecule has 0 aliphatic heterocycles. The predicted octanol–water partition coefficient (Wildman–Crippen LogP) is 2.91. The number of benzene rings is 1. The predicted molar refractivity (Wildman–Crippen MR) is 110 cm³/mol. The number of hydrogen-bond donors (Lipinski definition) is 1. The molecule has 0 aliphatic carbocycles. The summed E-state index contributed by atoms with van der Waals surface area (Å²) in [6.07, 6.45) is 6.45. The molecule has 1 aromatic carbocycles. The molecule has 0 fully saturated rings. The van der Waals surface area contributed by atoms with Gasteiger partial charge in [-0.05, 0) is 59.4 Å². The lowest BCUT2D eigenvalue weighted by Gasteiger charge is -2.13. The zero-order valence-corrected chi connectivity index (χ0v) is 16.2. The Morgan fingerprint density at radius 3 is 2.03 bits per heavy atom. The first-order chi connectivity index (χ1) is 14.2. The molecule has 0 aliphatic rings. The van der Waals surface area contributed by atoms with E-state index in [9.17, 15) is 4.79 Å². The van der Waals surface area contributed by atoms with Crippen molar-refractivity contribution in [2.75, 3.05) is 14.2 Å². The van der Waals surface area contributed by atoms with Crippen LogP contribution < -0.4 is 15.0 Å². The fourth-order valence-electron chi connectivity index (χ4n) is 3.35. The Labute approximate surface area is 167 Å². The second-order valence-electron chi connectivity index (χ2n) is 6.67. The van der Waals surface area contributed by atoms with Crippen molar-refractivity contribution in [1.82, 2.24) is 20.2 Å². The Hall–Kier alpha value is -3.74. The molecule has 146 valence electrons. The van der Waals surface area contributed by atoms with Gasteiger partial charge in [0.1, 0.15) is 0 Å². The molecule has 0 atom stereocenters. The van der Waals surface area contributed by atoms with Crippen molar-refractivity contribution in [3.05, 3.63) is 87.6 Å². The lowest BCUT2D eigenvalue weighted by molar-refractivity contribution is 0.397. The highest BCUT2D eigenvalue weighted by Crippen LogP contribution is 2.24. The van der Waals surface area contributed by atoms with E-state index in [1.807, 2.05) is 36.4 Å². The van der Waals surface area contributed by atoms with Crippen LogP contribution in [0.2, 0.25) is 0 Å². The number of nitrogens with one attached hydrogen (secondary N) is 1. The number of hydrogen-bond acceptors (Lipinski definition) is 6. The summed E-state index contributed by atoms with van der Waals surface area (Å²) in [5, 5.41) is 7.86. The molecule has 4 rings (SSSR count). The fourth-order valence-corrected chi connectivity index (χ4v) is 3.35. The molecule has 3 aromatic heterocycles. The van der Waals surface area contributed by atoms with Crippen molar-refractivity contribution in [3.8, 4) is 11.8 Å².